The van der Waals surface area contributed by atoms with Gasteiger partial charge in [0.25, 0.3) is 0 Å². The van der Waals surface area contributed by atoms with Crippen LogP contribution in [0.3, 0.4) is 0 Å². The summed E-state index contributed by atoms with van der Waals surface area (Å²) >= 11 is 0. The Morgan fingerprint density at radius 3 is 2.85 bits per heavy atom. The molecule has 0 atom stereocenters. The first-order valence-electron chi connectivity index (χ1n) is 7.20. The third kappa shape index (κ3) is 6.51. The number of unbranched alkanes of at least 4 members (excludes halogenated alkanes) is 1. The van der Waals surface area contributed by atoms with Crippen LogP contribution in [0.5, 0.6) is 0 Å². The molecule has 0 aliphatic heterocycles. The molecule has 1 aromatic heterocycles. The van der Waals surface area contributed by atoms with Gasteiger partial charge in [-0.25, -0.2) is 9.98 Å². The van der Waals surface area contributed by atoms with Crippen molar-refractivity contribution in [3.05, 3.63) is 12.2 Å². The van der Waals surface area contributed by atoms with E-state index in [0.717, 1.165) is 50.9 Å². The van der Waals surface area contributed by atoms with Gasteiger partial charge in [-0.2, -0.15) is 5.10 Å². The van der Waals surface area contributed by atoms with Gasteiger partial charge in [0.2, 0.25) is 0 Å². The van der Waals surface area contributed by atoms with Gasteiger partial charge in [0.1, 0.15) is 18.7 Å². The summed E-state index contributed by atoms with van der Waals surface area (Å²) in [5, 5.41) is 10.5. The first kappa shape index (κ1) is 16.4. The second-order valence-electron chi connectivity index (χ2n) is 4.33. The fourth-order valence-electron chi connectivity index (χ4n) is 1.64. The fourth-order valence-corrected chi connectivity index (χ4v) is 1.64. The van der Waals surface area contributed by atoms with Gasteiger partial charge >= 0.3 is 0 Å². The number of hydrogen-bond donors (Lipinski definition) is 2. The molecule has 7 nitrogen and oxygen atoms in total. The maximum absolute atomic E-state index is 5.31. The minimum atomic E-state index is 0.519. The minimum absolute atomic E-state index is 0.519. The summed E-state index contributed by atoms with van der Waals surface area (Å²) in [5.41, 5.74) is 0. The highest BCUT2D eigenvalue weighted by molar-refractivity contribution is 5.79. The zero-order valence-electron chi connectivity index (χ0n) is 12.7. The van der Waals surface area contributed by atoms with Gasteiger partial charge in [0, 0.05) is 33.4 Å². The molecule has 2 N–H and O–H groups in total. The van der Waals surface area contributed by atoms with Crippen LogP contribution in [0.4, 0.5) is 0 Å². The second kappa shape index (κ2) is 10.2. The van der Waals surface area contributed by atoms with Crippen LogP contribution >= 0.6 is 0 Å². The van der Waals surface area contributed by atoms with Crippen molar-refractivity contribution in [1.29, 1.82) is 0 Å². The highest BCUT2D eigenvalue weighted by Gasteiger charge is 2.01. The zero-order chi connectivity index (χ0) is 14.6. The van der Waals surface area contributed by atoms with Crippen LogP contribution in [0.2, 0.25) is 0 Å². The molecule has 20 heavy (non-hydrogen) atoms. The Hall–Kier alpha value is -1.63. The van der Waals surface area contributed by atoms with Gasteiger partial charge in [-0.15, -0.1) is 0 Å². The van der Waals surface area contributed by atoms with Gasteiger partial charge in [0.15, 0.2) is 5.96 Å². The summed E-state index contributed by atoms with van der Waals surface area (Å²) in [6.07, 6.45) is 3.66. The fraction of sp³-hybridized carbons (Fsp3) is 0.769. The lowest BCUT2D eigenvalue weighted by Crippen LogP contribution is -2.37. The zero-order valence-corrected chi connectivity index (χ0v) is 12.7. The Morgan fingerprint density at radius 2 is 2.20 bits per heavy atom. The van der Waals surface area contributed by atoms with Crippen LogP contribution in [0, 0.1) is 0 Å². The van der Waals surface area contributed by atoms with Gasteiger partial charge in [-0.1, -0.05) is 0 Å². The van der Waals surface area contributed by atoms with Gasteiger partial charge in [-0.05, 0) is 26.7 Å². The molecule has 0 unspecified atom stereocenters. The van der Waals surface area contributed by atoms with Crippen molar-refractivity contribution in [3.63, 3.8) is 0 Å². The quantitative estimate of drug-likeness (QED) is 0.396. The van der Waals surface area contributed by atoms with Crippen molar-refractivity contribution in [3.8, 4) is 0 Å². The molecule has 0 aliphatic rings. The van der Waals surface area contributed by atoms with Gasteiger partial charge in [0.05, 0.1) is 0 Å². The SMILES string of the molecule is CCNC(=NCc1ncnn1C)NCCCCOCC. The van der Waals surface area contributed by atoms with E-state index in [0.29, 0.717) is 6.54 Å². The summed E-state index contributed by atoms with van der Waals surface area (Å²) in [6, 6.07) is 0. The smallest absolute Gasteiger partial charge is 0.191 e. The number of nitrogens with one attached hydrogen (secondary N) is 2. The molecule has 0 amide bonds. The number of guanidine groups is 1. The van der Waals surface area contributed by atoms with Crippen molar-refractivity contribution >= 4 is 5.96 Å². The molecule has 0 saturated carbocycles. The van der Waals surface area contributed by atoms with Crippen molar-refractivity contribution < 1.29 is 4.74 Å². The predicted octanol–water partition coefficient (Wildman–Crippen LogP) is 0.687. The number of aryl methyl sites for hydroxylation is 1. The van der Waals surface area contributed by atoms with E-state index >= 15 is 0 Å². The molecule has 1 heterocycles. The lowest BCUT2D eigenvalue weighted by molar-refractivity contribution is 0.143. The maximum Gasteiger partial charge on any atom is 0.191 e. The standard InChI is InChI=1S/C13H26N6O/c1-4-14-13(15-8-6-7-9-20-5-2)16-10-12-17-11-18-19(12)3/h11H,4-10H2,1-3H3,(H2,14,15,16). The molecular weight excluding hydrogens is 256 g/mol. The van der Waals surface area contributed by atoms with E-state index in [1.165, 1.54) is 0 Å². The molecule has 0 saturated heterocycles. The highest BCUT2D eigenvalue weighted by Crippen LogP contribution is 1.93. The molecule has 114 valence electrons. The third-order valence-electron chi connectivity index (χ3n) is 2.74. The van der Waals surface area contributed by atoms with Crippen molar-refractivity contribution in [2.24, 2.45) is 12.0 Å². The van der Waals surface area contributed by atoms with Crippen LogP contribution in [-0.2, 0) is 18.3 Å². The molecule has 0 fully saturated rings. The number of hydrogen-bond acceptors (Lipinski definition) is 4. The Kier molecular flexibility index (Phi) is 8.37. The number of aliphatic imine (C=N–C) groups is 1. The summed E-state index contributed by atoms with van der Waals surface area (Å²) in [4.78, 5) is 8.64. The lowest BCUT2D eigenvalue weighted by Gasteiger charge is -2.11. The summed E-state index contributed by atoms with van der Waals surface area (Å²) in [6.45, 7) is 7.92. The second-order valence-corrected chi connectivity index (χ2v) is 4.33. The van der Waals surface area contributed by atoms with Crippen LogP contribution in [0.25, 0.3) is 0 Å². The van der Waals surface area contributed by atoms with Crippen LogP contribution in [0.1, 0.15) is 32.5 Å². The number of nitrogens with zero attached hydrogens (tertiary/aromatic N) is 4. The van der Waals surface area contributed by atoms with E-state index in [1.54, 1.807) is 11.0 Å². The Morgan fingerprint density at radius 1 is 1.35 bits per heavy atom. The number of rotatable bonds is 9. The van der Waals surface area contributed by atoms with E-state index in [2.05, 4.69) is 32.6 Å². The molecule has 0 bridgehead atoms. The highest BCUT2D eigenvalue weighted by atomic mass is 16.5. The summed E-state index contributed by atoms with van der Waals surface area (Å²) in [5.74, 6) is 1.66. The van der Waals surface area contributed by atoms with Crippen LogP contribution in [-0.4, -0.2) is 47.0 Å². The van der Waals surface area contributed by atoms with Crippen molar-refractivity contribution in [2.75, 3.05) is 26.3 Å². The number of ether oxygens (including phenoxy) is 1. The first-order valence-corrected chi connectivity index (χ1v) is 7.20. The van der Waals surface area contributed by atoms with Crippen LogP contribution < -0.4 is 10.6 Å². The average molecular weight is 282 g/mol. The molecule has 0 radical (unpaired) electrons. The maximum atomic E-state index is 5.31. The normalized spacial score (nSPS) is 11.7. The van der Waals surface area contributed by atoms with Crippen molar-refractivity contribution in [2.45, 2.75) is 33.2 Å². The van der Waals surface area contributed by atoms with E-state index in [9.17, 15) is 0 Å². The van der Waals surface area contributed by atoms with Crippen LogP contribution in [0.15, 0.2) is 11.3 Å². The molecule has 0 spiro atoms. The number of aromatic nitrogens is 3. The topological polar surface area (TPSA) is 76.4 Å². The predicted molar refractivity (Wildman–Crippen MR) is 79.5 cm³/mol. The van der Waals surface area contributed by atoms with Crippen molar-refractivity contribution in [1.82, 2.24) is 25.4 Å². The van der Waals surface area contributed by atoms with Gasteiger partial charge in [-0.3, -0.25) is 4.68 Å². The van der Waals surface area contributed by atoms with Gasteiger partial charge < -0.3 is 15.4 Å². The van der Waals surface area contributed by atoms with E-state index in [4.69, 9.17) is 4.74 Å². The van der Waals surface area contributed by atoms with E-state index in [1.807, 2.05) is 14.0 Å². The average Bonchev–Trinajstić information content (AvgIpc) is 2.85. The molecule has 0 aromatic carbocycles. The van der Waals surface area contributed by atoms with E-state index in [-0.39, 0.29) is 0 Å². The Labute approximate surface area is 120 Å². The molecule has 7 heteroatoms. The monoisotopic (exact) mass is 282 g/mol. The Balaban J connectivity index is 2.30. The largest absolute Gasteiger partial charge is 0.382 e. The third-order valence-corrected chi connectivity index (χ3v) is 2.74. The molecule has 1 rings (SSSR count). The molecular formula is C13H26N6O. The minimum Gasteiger partial charge on any atom is -0.382 e. The van der Waals surface area contributed by atoms with E-state index < -0.39 is 0 Å². The lowest BCUT2D eigenvalue weighted by atomic mass is 10.3. The molecule has 1 aromatic rings. The summed E-state index contributed by atoms with van der Waals surface area (Å²) in [7, 11) is 1.87. The Bertz CT molecular complexity index is 390. The first-order chi connectivity index (χ1) is 9.77. The summed E-state index contributed by atoms with van der Waals surface area (Å²) < 4.78 is 7.04. The molecule has 0 aliphatic carbocycles.